The van der Waals surface area contributed by atoms with Crippen LogP contribution in [0, 0.1) is 15.9 Å². The molecule has 0 bridgehead atoms. The quantitative estimate of drug-likeness (QED) is 0.427. The fourth-order valence-electron chi connectivity index (χ4n) is 3.04. The number of nitro groups is 1. The van der Waals surface area contributed by atoms with Crippen molar-refractivity contribution >= 4 is 23.1 Å². The first kappa shape index (κ1) is 18.8. The van der Waals surface area contributed by atoms with Crippen LogP contribution in [0.25, 0.3) is 0 Å². The van der Waals surface area contributed by atoms with Crippen molar-refractivity contribution in [3.8, 4) is 0 Å². The van der Waals surface area contributed by atoms with Gasteiger partial charge in [-0.25, -0.2) is 9.37 Å². The molecule has 27 heavy (non-hydrogen) atoms. The summed E-state index contributed by atoms with van der Waals surface area (Å²) >= 11 is 0. The van der Waals surface area contributed by atoms with Crippen LogP contribution >= 0.6 is 0 Å². The zero-order chi connectivity index (χ0) is 19.2. The molecule has 0 aliphatic carbocycles. The Balaban J connectivity index is 1.39. The molecule has 0 atom stereocenters. The molecule has 1 saturated heterocycles. The van der Waals surface area contributed by atoms with Crippen LogP contribution in [0.15, 0.2) is 30.5 Å². The van der Waals surface area contributed by atoms with Crippen LogP contribution in [0.1, 0.15) is 6.42 Å². The summed E-state index contributed by atoms with van der Waals surface area (Å²) in [6.07, 6.45) is 1.96. The normalized spacial score (nSPS) is 14.9. The Morgan fingerprint density at radius 2 is 2.00 bits per heavy atom. The maximum absolute atomic E-state index is 13.9. The molecule has 1 aromatic carbocycles. The van der Waals surface area contributed by atoms with Gasteiger partial charge in [-0.05, 0) is 25.1 Å². The van der Waals surface area contributed by atoms with Gasteiger partial charge in [-0.2, -0.15) is 4.98 Å². The minimum atomic E-state index is -0.611. The van der Waals surface area contributed by atoms with E-state index in [1.807, 2.05) is 12.1 Å². The van der Waals surface area contributed by atoms with Crippen molar-refractivity contribution in [1.82, 2.24) is 14.9 Å². The zero-order valence-electron chi connectivity index (χ0n) is 14.8. The summed E-state index contributed by atoms with van der Waals surface area (Å²) in [6.45, 7) is 4.84. The summed E-state index contributed by atoms with van der Waals surface area (Å²) in [7, 11) is 0. The van der Waals surface area contributed by atoms with E-state index in [-0.39, 0.29) is 23.3 Å². The largest absolute Gasteiger partial charge is 0.378 e. The Bertz CT molecular complexity index is 797. The first-order valence-corrected chi connectivity index (χ1v) is 8.77. The highest BCUT2D eigenvalue weighted by Crippen LogP contribution is 2.20. The van der Waals surface area contributed by atoms with E-state index in [0.29, 0.717) is 12.2 Å². The van der Waals surface area contributed by atoms with Crippen molar-refractivity contribution in [3.05, 3.63) is 46.4 Å². The number of hydrogen-bond acceptors (Lipinski definition) is 8. The molecule has 0 spiro atoms. The van der Waals surface area contributed by atoms with Crippen LogP contribution in [0.3, 0.4) is 0 Å². The second-order valence-electron chi connectivity index (χ2n) is 6.28. The van der Waals surface area contributed by atoms with Gasteiger partial charge in [-0.3, -0.25) is 15.0 Å². The highest BCUT2D eigenvalue weighted by atomic mass is 19.1. The first-order chi connectivity index (χ1) is 13.0. The van der Waals surface area contributed by atoms with E-state index in [9.17, 15) is 14.5 Å². The lowest BCUT2D eigenvalue weighted by molar-refractivity contribution is -0.384. The van der Waals surface area contributed by atoms with Crippen molar-refractivity contribution in [1.29, 1.82) is 0 Å². The van der Waals surface area contributed by atoms with Gasteiger partial charge in [-0.1, -0.05) is 12.1 Å². The molecule has 0 radical (unpaired) electrons. The number of nitrogens with two attached hydrogens (primary N) is 1. The third-order valence-corrected chi connectivity index (χ3v) is 4.49. The highest BCUT2D eigenvalue weighted by Gasteiger charge is 2.19. The predicted octanol–water partition coefficient (Wildman–Crippen LogP) is 1.73. The summed E-state index contributed by atoms with van der Waals surface area (Å²) in [5.74, 6) is -0.0539. The van der Waals surface area contributed by atoms with E-state index < -0.39 is 4.92 Å². The molecule has 1 aliphatic rings. The van der Waals surface area contributed by atoms with Crippen molar-refractivity contribution in [2.45, 2.75) is 6.42 Å². The van der Waals surface area contributed by atoms with Gasteiger partial charge in [0.05, 0.1) is 10.6 Å². The zero-order valence-corrected chi connectivity index (χ0v) is 14.8. The molecule has 1 aliphatic heterocycles. The van der Waals surface area contributed by atoms with Gasteiger partial charge in [0.1, 0.15) is 12.0 Å². The predicted molar refractivity (Wildman–Crippen MR) is 101 cm³/mol. The van der Waals surface area contributed by atoms with Crippen molar-refractivity contribution in [2.75, 3.05) is 55.2 Å². The Hall–Kier alpha value is -3.01. The number of benzene rings is 1. The van der Waals surface area contributed by atoms with Gasteiger partial charge in [-0.15, -0.1) is 0 Å². The maximum Gasteiger partial charge on any atom is 0.329 e. The fourth-order valence-corrected chi connectivity index (χ4v) is 3.04. The number of para-hydroxylation sites is 1. The molecule has 144 valence electrons. The summed E-state index contributed by atoms with van der Waals surface area (Å²) in [5, 5.41) is 13.7. The summed E-state index contributed by atoms with van der Waals surface area (Å²) < 4.78 is 13.9. The van der Waals surface area contributed by atoms with Crippen LogP contribution in [-0.4, -0.2) is 59.1 Å². The molecule has 3 N–H and O–H groups in total. The SMILES string of the molecule is Nc1nc(NCCCN2CCN(c3ccccc3F)CC2)ncc1[N+](=O)[O-]. The van der Waals surface area contributed by atoms with Gasteiger partial charge >= 0.3 is 5.69 Å². The Morgan fingerprint density at radius 3 is 2.67 bits per heavy atom. The minimum Gasteiger partial charge on any atom is -0.378 e. The second kappa shape index (κ2) is 8.58. The number of anilines is 3. The van der Waals surface area contributed by atoms with E-state index in [0.717, 1.165) is 45.3 Å². The Kier molecular flexibility index (Phi) is 5.97. The smallest absolute Gasteiger partial charge is 0.329 e. The number of hydrogen-bond donors (Lipinski definition) is 2. The number of rotatable bonds is 7. The molecule has 2 aromatic rings. The minimum absolute atomic E-state index is 0.151. The van der Waals surface area contributed by atoms with Gasteiger partial charge in [0, 0.05) is 32.7 Å². The molecule has 10 heteroatoms. The molecule has 9 nitrogen and oxygen atoms in total. The molecule has 0 amide bonds. The van der Waals surface area contributed by atoms with Crippen LogP contribution in [0.2, 0.25) is 0 Å². The average Bonchev–Trinajstić information content (AvgIpc) is 2.66. The monoisotopic (exact) mass is 375 g/mol. The topological polar surface area (TPSA) is 113 Å². The van der Waals surface area contributed by atoms with Gasteiger partial charge < -0.3 is 16.0 Å². The third kappa shape index (κ3) is 4.79. The standard InChI is InChI=1S/C17H22FN7O2/c18-13-4-1-2-5-14(13)24-10-8-23(9-11-24)7-3-6-20-17-21-12-15(25(26)27)16(19)22-17/h1-2,4-5,12H,3,6-11H2,(H3,19,20,21,22). The van der Waals surface area contributed by atoms with E-state index >= 15 is 0 Å². The van der Waals surface area contributed by atoms with E-state index in [1.54, 1.807) is 6.07 Å². The maximum atomic E-state index is 13.9. The van der Waals surface area contributed by atoms with Gasteiger partial charge in [0.2, 0.25) is 11.8 Å². The summed E-state index contributed by atoms with van der Waals surface area (Å²) in [5.41, 5.74) is 5.90. The number of nitrogens with zero attached hydrogens (tertiary/aromatic N) is 5. The number of aromatic nitrogens is 2. The average molecular weight is 375 g/mol. The molecular formula is C17H22FN7O2. The molecule has 1 fully saturated rings. The molecule has 2 heterocycles. The molecule has 0 unspecified atom stereocenters. The van der Waals surface area contributed by atoms with Crippen molar-refractivity contribution < 1.29 is 9.31 Å². The number of nitrogens with one attached hydrogen (secondary N) is 1. The third-order valence-electron chi connectivity index (χ3n) is 4.49. The van der Waals surface area contributed by atoms with Crippen LogP contribution < -0.4 is 16.0 Å². The lowest BCUT2D eigenvalue weighted by atomic mass is 10.2. The molecule has 0 saturated carbocycles. The van der Waals surface area contributed by atoms with Crippen LogP contribution in [-0.2, 0) is 0 Å². The van der Waals surface area contributed by atoms with Gasteiger partial charge in [0.15, 0.2) is 0 Å². The van der Waals surface area contributed by atoms with Crippen LogP contribution in [0.4, 0.5) is 27.5 Å². The molecule has 1 aromatic heterocycles. The number of halogens is 1. The number of piperazine rings is 1. The highest BCUT2D eigenvalue weighted by molar-refractivity contribution is 5.53. The Labute approximate surface area is 156 Å². The van der Waals surface area contributed by atoms with Crippen molar-refractivity contribution in [3.63, 3.8) is 0 Å². The lowest BCUT2D eigenvalue weighted by Crippen LogP contribution is -2.47. The molecule has 3 rings (SSSR count). The number of nitrogen functional groups attached to an aromatic ring is 1. The molecular weight excluding hydrogens is 353 g/mol. The van der Waals surface area contributed by atoms with E-state index in [4.69, 9.17) is 5.73 Å². The van der Waals surface area contributed by atoms with Gasteiger partial charge in [0.25, 0.3) is 0 Å². The fraction of sp³-hybridized carbons (Fsp3) is 0.412. The first-order valence-electron chi connectivity index (χ1n) is 8.77. The second-order valence-corrected chi connectivity index (χ2v) is 6.28. The summed E-state index contributed by atoms with van der Waals surface area (Å²) in [6, 6.07) is 6.85. The van der Waals surface area contributed by atoms with Crippen LogP contribution in [0.5, 0.6) is 0 Å². The lowest BCUT2D eigenvalue weighted by Gasteiger charge is -2.36. The summed E-state index contributed by atoms with van der Waals surface area (Å²) in [4.78, 5) is 22.3. The van der Waals surface area contributed by atoms with Crippen molar-refractivity contribution in [2.24, 2.45) is 0 Å². The van der Waals surface area contributed by atoms with E-state index in [2.05, 4.69) is 25.1 Å². The van der Waals surface area contributed by atoms with E-state index in [1.165, 1.54) is 6.07 Å². The Morgan fingerprint density at radius 1 is 1.26 bits per heavy atom.